The van der Waals surface area contributed by atoms with Crippen LogP contribution in [0.15, 0.2) is 36.4 Å². The molecule has 0 unspecified atom stereocenters. The summed E-state index contributed by atoms with van der Waals surface area (Å²) in [5, 5.41) is 0. The van der Waals surface area contributed by atoms with Crippen LogP contribution in [0.3, 0.4) is 0 Å². The number of benzene rings is 2. The molecule has 19 heavy (non-hydrogen) atoms. The molecule has 2 aromatic carbocycles. The lowest BCUT2D eigenvalue weighted by Crippen LogP contribution is -2.03. The number of methoxy groups -OCH3 is 1. The van der Waals surface area contributed by atoms with Crippen LogP contribution in [0.5, 0.6) is 5.75 Å². The Labute approximate surface area is 126 Å². The Morgan fingerprint density at radius 3 is 2.00 bits per heavy atom. The van der Waals surface area contributed by atoms with Gasteiger partial charge in [-0.05, 0) is 84.0 Å². The van der Waals surface area contributed by atoms with E-state index in [1.807, 2.05) is 50.2 Å². The second-order valence-corrected chi connectivity index (χ2v) is 5.72. The van der Waals surface area contributed by atoms with E-state index in [9.17, 15) is 4.79 Å². The van der Waals surface area contributed by atoms with Gasteiger partial charge in [-0.1, -0.05) is 0 Å². The van der Waals surface area contributed by atoms with Gasteiger partial charge in [-0.2, -0.15) is 0 Å². The number of hydrogen-bond acceptors (Lipinski definition) is 2. The third kappa shape index (κ3) is 2.97. The minimum Gasteiger partial charge on any atom is -0.496 e. The number of carbonyl (C=O) groups is 1. The molecule has 0 heterocycles. The van der Waals surface area contributed by atoms with Crippen LogP contribution in [0.2, 0.25) is 0 Å². The maximum Gasteiger partial charge on any atom is 0.193 e. The molecule has 0 aliphatic rings. The fourth-order valence-corrected chi connectivity index (χ4v) is 2.53. The molecule has 0 aromatic heterocycles. The average molecular weight is 366 g/mol. The van der Waals surface area contributed by atoms with Crippen LogP contribution in [0.4, 0.5) is 0 Å². The highest BCUT2D eigenvalue weighted by molar-refractivity contribution is 14.1. The molecular formula is C16H15IO2. The van der Waals surface area contributed by atoms with Gasteiger partial charge in [0.25, 0.3) is 0 Å². The topological polar surface area (TPSA) is 26.3 Å². The second kappa shape index (κ2) is 5.74. The second-order valence-electron chi connectivity index (χ2n) is 4.48. The Bertz CT molecular complexity index is 592. The van der Waals surface area contributed by atoms with Crippen LogP contribution in [0, 0.1) is 17.4 Å². The van der Waals surface area contributed by atoms with Crippen molar-refractivity contribution >= 4 is 28.4 Å². The van der Waals surface area contributed by atoms with E-state index in [4.69, 9.17) is 4.74 Å². The minimum atomic E-state index is 0.0465. The van der Waals surface area contributed by atoms with Crippen LogP contribution < -0.4 is 4.74 Å². The van der Waals surface area contributed by atoms with Crippen LogP contribution in [-0.2, 0) is 0 Å². The molecule has 0 amide bonds. The largest absolute Gasteiger partial charge is 0.496 e. The highest BCUT2D eigenvalue weighted by atomic mass is 127. The molecule has 0 aliphatic carbocycles. The first-order chi connectivity index (χ1) is 9.02. The van der Waals surface area contributed by atoms with Gasteiger partial charge in [0.05, 0.1) is 7.11 Å². The molecule has 2 aromatic rings. The summed E-state index contributed by atoms with van der Waals surface area (Å²) in [5.41, 5.74) is 3.38. The van der Waals surface area contributed by atoms with Crippen molar-refractivity contribution in [1.82, 2.24) is 0 Å². The van der Waals surface area contributed by atoms with E-state index in [1.54, 1.807) is 7.11 Å². The lowest BCUT2D eigenvalue weighted by Gasteiger charge is -2.11. The predicted octanol–water partition coefficient (Wildman–Crippen LogP) is 4.15. The third-order valence-corrected chi connectivity index (χ3v) is 3.75. The minimum absolute atomic E-state index is 0.0465. The van der Waals surface area contributed by atoms with Crippen molar-refractivity contribution in [1.29, 1.82) is 0 Å². The summed E-state index contributed by atoms with van der Waals surface area (Å²) in [7, 11) is 1.65. The van der Waals surface area contributed by atoms with Crippen molar-refractivity contribution in [3.63, 3.8) is 0 Å². The number of rotatable bonds is 3. The van der Waals surface area contributed by atoms with Crippen LogP contribution in [0.1, 0.15) is 27.0 Å². The Kier molecular flexibility index (Phi) is 4.24. The fraction of sp³-hybridized carbons (Fsp3) is 0.188. The Hall–Kier alpha value is -1.36. The normalized spacial score (nSPS) is 10.3. The summed E-state index contributed by atoms with van der Waals surface area (Å²) < 4.78 is 6.44. The molecule has 0 fully saturated rings. The Morgan fingerprint density at radius 2 is 1.53 bits per heavy atom. The first-order valence-electron chi connectivity index (χ1n) is 5.98. The van der Waals surface area contributed by atoms with E-state index in [2.05, 4.69) is 22.6 Å². The zero-order valence-corrected chi connectivity index (χ0v) is 13.3. The molecular weight excluding hydrogens is 351 g/mol. The smallest absolute Gasteiger partial charge is 0.193 e. The lowest BCUT2D eigenvalue weighted by molar-refractivity contribution is 0.103. The van der Waals surface area contributed by atoms with Gasteiger partial charge in [0, 0.05) is 14.7 Å². The van der Waals surface area contributed by atoms with Crippen molar-refractivity contribution in [3.05, 3.63) is 62.2 Å². The van der Waals surface area contributed by atoms with Crippen molar-refractivity contribution < 1.29 is 9.53 Å². The SMILES string of the molecule is COc1c(C)cc(C(=O)c2ccc(I)cc2)cc1C. The monoisotopic (exact) mass is 366 g/mol. The number of ether oxygens (including phenoxy) is 1. The molecule has 0 saturated heterocycles. The van der Waals surface area contributed by atoms with Crippen molar-refractivity contribution in [2.75, 3.05) is 7.11 Å². The van der Waals surface area contributed by atoms with Crippen LogP contribution in [-0.4, -0.2) is 12.9 Å². The summed E-state index contributed by atoms with van der Waals surface area (Å²) in [6, 6.07) is 11.4. The summed E-state index contributed by atoms with van der Waals surface area (Å²) in [4.78, 5) is 12.4. The molecule has 0 N–H and O–H groups in total. The van der Waals surface area contributed by atoms with E-state index in [1.165, 1.54) is 0 Å². The number of hydrogen-bond donors (Lipinski definition) is 0. The Balaban J connectivity index is 2.42. The molecule has 0 atom stereocenters. The fourth-order valence-electron chi connectivity index (χ4n) is 2.17. The van der Waals surface area contributed by atoms with Gasteiger partial charge < -0.3 is 4.74 Å². The number of carbonyl (C=O) groups excluding carboxylic acids is 1. The Morgan fingerprint density at radius 1 is 1.00 bits per heavy atom. The molecule has 0 spiro atoms. The highest BCUT2D eigenvalue weighted by Crippen LogP contribution is 2.25. The molecule has 2 nitrogen and oxygen atoms in total. The van der Waals surface area contributed by atoms with E-state index in [0.29, 0.717) is 11.1 Å². The van der Waals surface area contributed by atoms with E-state index in [-0.39, 0.29) is 5.78 Å². The highest BCUT2D eigenvalue weighted by Gasteiger charge is 2.12. The number of ketones is 1. The van der Waals surface area contributed by atoms with Gasteiger partial charge in [0.2, 0.25) is 0 Å². The summed E-state index contributed by atoms with van der Waals surface area (Å²) in [6.07, 6.45) is 0. The first kappa shape index (κ1) is 14.1. The molecule has 2 rings (SSSR count). The maximum atomic E-state index is 12.4. The molecule has 98 valence electrons. The van der Waals surface area contributed by atoms with Crippen molar-refractivity contribution in [3.8, 4) is 5.75 Å². The van der Waals surface area contributed by atoms with E-state index in [0.717, 1.165) is 20.4 Å². The van der Waals surface area contributed by atoms with Crippen LogP contribution in [0.25, 0.3) is 0 Å². The zero-order valence-electron chi connectivity index (χ0n) is 11.2. The van der Waals surface area contributed by atoms with Gasteiger partial charge >= 0.3 is 0 Å². The molecule has 3 heteroatoms. The molecule has 0 bridgehead atoms. The average Bonchev–Trinajstić information content (AvgIpc) is 2.38. The summed E-state index contributed by atoms with van der Waals surface area (Å²) >= 11 is 2.23. The van der Waals surface area contributed by atoms with Gasteiger partial charge in [-0.3, -0.25) is 4.79 Å². The standard InChI is InChI=1S/C16H15IO2/c1-10-8-13(9-11(2)16(10)19-3)15(18)12-4-6-14(17)7-5-12/h4-9H,1-3H3. The van der Waals surface area contributed by atoms with Crippen LogP contribution >= 0.6 is 22.6 Å². The van der Waals surface area contributed by atoms with Crippen molar-refractivity contribution in [2.45, 2.75) is 13.8 Å². The molecule has 0 radical (unpaired) electrons. The maximum absolute atomic E-state index is 12.4. The number of aryl methyl sites for hydroxylation is 2. The predicted molar refractivity (Wildman–Crippen MR) is 85.1 cm³/mol. The molecule has 0 saturated carbocycles. The summed E-state index contributed by atoms with van der Waals surface area (Å²) in [5.74, 6) is 0.893. The third-order valence-electron chi connectivity index (χ3n) is 3.03. The van der Waals surface area contributed by atoms with E-state index >= 15 is 0 Å². The summed E-state index contributed by atoms with van der Waals surface area (Å²) in [6.45, 7) is 3.91. The first-order valence-corrected chi connectivity index (χ1v) is 7.06. The quantitative estimate of drug-likeness (QED) is 0.603. The van der Waals surface area contributed by atoms with Gasteiger partial charge in [-0.15, -0.1) is 0 Å². The lowest BCUT2D eigenvalue weighted by atomic mass is 9.98. The van der Waals surface area contributed by atoms with E-state index < -0.39 is 0 Å². The molecule has 0 aliphatic heterocycles. The zero-order chi connectivity index (χ0) is 14.0. The van der Waals surface area contributed by atoms with Crippen molar-refractivity contribution in [2.24, 2.45) is 0 Å². The van der Waals surface area contributed by atoms with Gasteiger partial charge in [-0.25, -0.2) is 0 Å². The number of halogens is 1. The van der Waals surface area contributed by atoms with Gasteiger partial charge in [0.15, 0.2) is 5.78 Å². The van der Waals surface area contributed by atoms with Gasteiger partial charge in [0.1, 0.15) is 5.75 Å².